The van der Waals surface area contributed by atoms with Gasteiger partial charge >= 0.3 is 5.97 Å². The van der Waals surface area contributed by atoms with Crippen LogP contribution < -0.4 is 5.32 Å². The number of carbonyl (C=O) groups excluding carboxylic acids is 1. The van der Waals surface area contributed by atoms with Gasteiger partial charge in [-0.1, -0.05) is 13.8 Å². The molecule has 2 unspecified atom stereocenters. The van der Waals surface area contributed by atoms with Crippen molar-refractivity contribution in [3.05, 3.63) is 17.7 Å². The van der Waals surface area contributed by atoms with Crippen LogP contribution in [0, 0.1) is 5.92 Å². The van der Waals surface area contributed by atoms with E-state index in [0.717, 1.165) is 11.4 Å². The van der Waals surface area contributed by atoms with Crippen LogP contribution in [0.1, 0.15) is 32.2 Å². The van der Waals surface area contributed by atoms with Crippen LogP contribution >= 0.6 is 0 Å². The Kier molecular flexibility index (Phi) is 3.47. The van der Waals surface area contributed by atoms with Gasteiger partial charge in [0.1, 0.15) is 12.1 Å². The summed E-state index contributed by atoms with van der Waals surface area (Å²) in [4.78, 5) is 19.2. The number of aromatic nitrogens is 2. The van der Waals surface area contributed by atoms with Crippen molar-refractivity contribution in [3.8, 4) is 0 Å². The number of H-pyrrole nitrogens is 1. The summed E-state index contributed by atoms with van der Waals surface area (Å²) in [6.45, 7) is 6.65. The van der Waals surface area contributed by atoms with Crippen molar-refractivity contribution >= 4 is 5.97 Å². The van der Waals surface area contributed by atoms with E-state index in [1.54, 1.807) is 6.33 Å². The lowest BCUT2D eigenvalue weighted by Crippen LogP contribution is -2.44. The van der Waals surface area contributed by atoms with Crippen LogP contribution in [0.4, 0.5) is 0 Å². The van der Waals surface area contributed by atoms with E-state index in [9.17, 15) is 4.79 Å². The highest BCUT2D eigenvalue weighted by Gasteiger charge is 2.28. The van der Waals surface area contributed by atoms with Crippen molar-refractivity contribution in [3.63, 3.8) is 0 Å². The number of imidazole rings is 1. The Bertz CT molecular complexity index is 400. The number of fused-ring (bicyclic) bond motifs is 1. The third-order valence-corrected chi connectivity index (χ3v) is 3.26. The Balaban J connectivity index is 1.94. The molecule has 1 aliphatic heterocycles. The van der Waals surface area contributed by atoms with Crippen molar-refractivity contribution in [2.24, 2.45) is 5.92 Å². The molecule has 1 aromatic heterocycles. The maximum atomic E-state index is 11.9. The fourth-order valence-corrected chi connectivity index (χ4v) is 1.74. The van der Waals surface area contributed by atoms with Crippen molar-refractivity contribution in [2.45, 2.75) is 45.9 Å². The predicted molar refractivity (Wildman–Crippen MR) is 63.3 cm³/mol. The van der Waals surface area contributed by atoms with Gasteiger partial charge in [0, 0.05) is 13.0 Å². The zero-order chi connectivity index (χ0) is 12.4. The number of esters is 1. The molecule has 2 atom stereocenters. The highest BCUT2D eigenvalue weighted by atomic mass is 16.5. The molecule has 94 valence electrons. The molecule has 0 aromatic carbocycles. The van der Waals surface area contributed by atoms with E-state index in [4.69, 9.17) is 4.74 Å². The topological polar surface area (TPSA) is 67.0 Å². The first-order valence-corrected chi connectivity index (χ1v) is 6.03. The lowest BCUT2D eigenvalue weighted by atomic mass is 10.1. The standard InChI is InChI=1S/C12H19N3O2/c1-7(2)8(3)17-12(16)10-4-9-11(5-13-10)15-6-14-9/h6-8,10,13H,4-5H2,1-3H3,(H,14,15). The van der Waals surface area contributed by atoms with Crippen LogP contribution in [0.15, 0.2) is 6.33 Å². The zero-order valence-electron chi connectivity index (χ0n) is 10.5. The molecule has 17 heavy (non-hydrogen) atoms. The maximum absolute atomic E-state index is 11.9. The van der Waals surface area contributed by atoms with Crippen molar-refractivity contribution in [1.29, 1.82) is 0 Å². The van der Waals surface area contributed by atoms with E-state index in [0.29, 0.717) is 18.9 Å². The number of rotatable bonds is 3. The first-order valence-electron chi connectivity index (χ1n) is 6.03. The molecule has 0 saturated carbocycles. The molecule has 0 aliphatic carbocycles. The number of ether oxygens (including phenoxy) is 1. The van der Waals surface area contributed by atoms with E-state index < -0.39 is 0 Å². The van der Waals surface area contributed by atoms with Gasteiger partial charge in [-0.3, -0.25) is 10.1 Å². The van der Waals surface area contributed by atoms with Gasteiger partial charge in [-0.15, -0.1) is 0 Å². The molecule has 0 bridgehead atoms. The third kappa shape index (κ3) is 2.66. The second kappa shape index (κ2) is 4.87. The number of nitrogens with zero attached hydrogens (tertiary/aromatic N) is 1. The summed E-state index contributed by atoms with van der Waals surface area (Å²) >= 11 is 0. The summed E-state index contributed by atoms with van der Waals surface area (Å²) in [5.74, 6) is 0.156. The lowest BCUT2D eigenvalue weighted by Gasteiger charge is -2.24. The highest BCUT2D eigenvalue weighted by molar-refractivity contribution is 5.76. The van der Waals surface area contributed by atoms with Crippen LogP contribution in [-0.2, 0) is 22.5 Å². The molecule has 0 fully saturated rings. The van der Waals surface area contributed by atoms with Gasteiger partial charge in [0.2, 0.25) is 0 Å². The Morgan fingerprint density at radius 3 is 3.00 bits per heavy atom. The summed E-state index contributed by atoms with van der Waals surface area (Å²) in [6.07, 6.45) is 2.21. The van der Waals surface area contributed by atoms with E-state index in [1.807, 2.05) is 20.8 Å². The molecular weight excluding hydrogens is 218 g/mol. The summed E-state index contributed by atoms with van der Waals surface area (Å²) in [5, 5.41) is 3.16. The molecule has 0 radical (unpaired) electrons. The minimum Gasteiger partial charge on any atom is -0.461 e. The maximum Gasteiger partial charge on any atom is 0.323 e. The lowest BCUT2D eigenvalue weighted by molar-refractivity contribution is -0.153. The predicted octanol–water partition coefficient (Wildman–Crippen LogP) is 1.01. The monoisotopic (exact) mass is 237 g/mol. The Hall–Kier alpha value is -1.36. The van der Waals surface area contributed by atoms with Crippen LogP contribution in [0.25, 0.3) is 0 Å². The number of hydrogen-bond donors (Lipinski definition) is 2. The fraction of sp³-hybridized carbons (Fsp3) is 0.667. The van der Waals surface area contributed by atoms with Crippen LogP contribution in [-0.4, -0.2) is 28.1 Å². The van der Waals surface area contributed by atoms with Crippen molar-refractivity contribution < 1.29 is 9.53 Å². The molecule has 2 heterocycles. The minimum atomic E-state index is -0.271. The van der Waals surface area contributed by atoms with E-state index in [-0.39, 0.29) is 18.1 Å². The number of nitrogens with one attached hydrogen (secondary N) is 2. The molecule has 0 spiro atoms. The SMILES string of the molecule is CC(C)C(C)OC(=O)C1Cc2nc[nH]c2CN1. The van der Waals surface area contributed by atoms with Gasteiger partial charge < -0.3 is 9.72 Å². The second-order valence-electron chi connectivity index (χ2n) is 4.85. The molecule has 2 N–H and O–H groups in total. The van der Waals surface area contributed by atoms with E-state index in [2.05, 4.69) is 15.3 Å². The summed E-state index contributed by atoms with van der Waals surface area (Å²) in [5.41, 5.74) is 2.02. The zero-order valence-corrected chi connectivity index (χ0v) is 10.5. The largest absolute Gasteiger partial charge is 0.461 e. The third-order valence-electron chi connectivity index (χ3n) is 3.26. The Morgan fingerprint density at radius 2 is 2.29 bits per heavy atom. The van der Waals surface area contributed by atoms with Gasteiger partial charge in [0.25, 0.3) is 0 Å². The smallest absolute Gasteiger partial charge is 0.323 e. The van der Waals surface area contributed by atoms with Crippen molar-refractivity contribution in [2.75, 3.05) is 0 Å². The van der Waals surface area contributed by atoms with Crippen LogP contribution in [0.5, 0.6) is 0 Å². The van der Waals surface area contributed by atoms with Crippen LogP contribution in [0.2, 0.25) is 0 Å². The van der Waals surface area contributed by atoms with Gasteiger partial charge in [-0.25, -0.2) is 4.98 Å². The average molecular weight is 237 g/mol. The Morgan fingerprint density at radius 1 is 1.53 bits per heavy atom. The summed E-state index contributed by atoms with van der Waals surface area (Å²) in [6, 6.07) is -0.271. The summed E-state index contributed by atoms with van der Waals surface area (Å²) < 4.78 is 5.40. The van der Waals surface area contributed by atoms with E-state index >= 15 is 0 Å². The van der Waals surface area contributed by atoms with Crippen LogP contribution in [0.3, 0.4) is 0 Å². The van der Waals surface area contributed by atoms with Gasteiger partial charge in [-0.2, -0.15) is 0 Å². The average Bonchev–Trinajstić information content (AvgIpc) is 2.75. The number of carbonyl (C=O) groups is 1. The minimum absolute atomic E-state index is 0.0510. The molecule has 5 heteroatoms. The molecule has 0 amide bonds. The quantitative estimate of drug-likeness (QED) is 0.770. The molecule has 0 saturated heterocycles. The highest BCUT2D eigenvalue weighted by Crippen LogP contribution is 2.14. The molecule has 1 aromatic rings. The van der Waals surface area contributed by atoms with Gasteiger partial charge in [0.15, 0.2) is 0 Å². The van der Waals surface area contributed by atoms with Gasteiger partial charge in [0.05, 0.1) is 17.7 Å². The number of hydrogen-bond acceptors (Lipinski definition) is 4. The second-order valence-corrected chi connectivity index (χ2v) is 4.85. The molecule has 1 aliphatic rings. The van der Waals surface area contributed by atoms with Gasteiger partial charge in [-0.05, 0) is 12.8 Å². The fourth-order valence-electron chi connectivity index (χ4n) is 1.74. The normalized spacial score (nSPS) is 21.1. The van der Waals surface area contributed by atoms with Crippen molar-refractivity contribution in [1.82, 2.24) is 15.3 Å². The molecular formula is C12H19N3O2. The summed E-state index contributed by atoms with van der Waals surface area (Å²) in [7, 11) is 0. The first kappa shape index (κ1) is 12.1. The molecule has 5 nitrogen and oxygen atoms in total. The Labute approximate surface area is 101 Å². The molecule has 2 rings (SSSR count). The van der Waals surface area contributed by atoms with E-state index in [1.165, 1.54) is 0 Å². The first-order chi connectivity index (χ1) is 8.08. The number of aromatic amines is 1.